The Morgan fingerprint density at radius 3 is 2.17 bits per heavy atom. The van der Waals surface area contributed by atoms with Gasteiger partial charge in [-0.25, -0.2) is 19.2 Å². The van der Waals surface area contributed by atoms with E-state index in [-0.39, 0.29) is 71.3 Å². The van der Waals surface area contributed by atoms with Gasteiger partial charge < -0.3 is 56.2 Å². The van der Waals surface area contributed by atoms with Gasteiger partial charge in [0.25, 0.3) is 0 Å². The number of nitrogens with one attached hydrogen (secondary N) is 3. The zero-order chi connectivity index (χ0) is 48.9. The summed E-state index contributed by atoms with van der Waals surface area (Å²) in [4.78, 5) is 105. The maximum Gasteiger partial charge on any atom is 0.407 e. The molecule has 2 aliphatic rings. The number of hydrogen-bond acceptors (Lipinski definition) is 19. The molecule has 1 fully saturated rings. The van der Waals surface area contributed by atoms with Gasteiger partial charge in [0.15, 0.2) is 49.8 Å². The SMILES string of the molecule is Cn1c(N)c(NC(=O)NCCNC(=O)OC(C)(C)C)c[n+]1CC1=C(C(=O)O)N2C(=O)[C@@H](CC(=O)/C(=N\OC(C)(C)C(=O)OC(C)(C)C)c3nsc(N)n3)[C@H]2SC1.O=C[O-].[B]C(=O)[B]C. The number of β-lactam (4-membered cyclic amide) rings is 1. The van der Waals surface area contributed by atoms with E-state index in [9.17, 15) is 38.7 Å². The average Bonchev–Trinajstić information content (AvgIpc) is 3.71. The normalized spacial score (nSPS) is 15.9. The molecule has 3 radical (unpaired) electrons. The first kappa shape index (κ1) is 54.0. The van der Waals surface area contributed by atoms with E-state index in [1.54, 1.807) is 60.1 Å². The van der Waals surface area contributed by atoms with Gasteiger partial charge in [0.1, 0.15) is 16.9 Å². The number of nitrogen functional groups attached to an aromatic ring is 2. The number of rotatable bonds is 15. The predicted molar refractivity (Wildman–Crippen MR) is 233 cm³/mol. The molecule has 64 heavy (non-hydrogen) atoms. The van der Waals surface area contributed by atoms with Crippen LogP contribution in [0.2, 0.25) is 6.82 Å². The molecule has 2 aromatic heterocycles. The van der Waals surface area contributed by atoms with Gasteiger partial charge in [0.05, 0.1) is 18.3 Å². The average molecular weight is 933 g/mol. The van der Waals surface area contributed by atoms with E-state index < -0.39 is 70.3 Å². The van der Waals surface area contributed by atoms with Gasteiger partial charge in [-0.3, -0.25) is 19.8 Å². The Kier molecular flexibility index (Phi) is 19.4. The molecule has 0 aliphatic carbocycles. The molecule has 2 atom stereocenters. The number of thioether (sulfide) groups is 1. The lowest BCUT2D eigenvalue weighted by atomic mass is 9.67. The van der Waals surface area contributed by atoms with E-state index in [0.717, 1.165) is 16.4 Å². The minimum atomic E-state index is -1.62. The number of ether oxygens (including phenoxy) is 2. The molecule has 0 saturated carbocycles. The first-order valence-corrected chi connectivity index (χ1v) is 20.9. The zero-order valence-electron chi connectivity index (χ0n) is 37.0. The molecule has 8 N–H and O–H groups in total. The highest BCUT2D eigenvalue weighted by Crippen LogP contribution is 2.45. The largest absolute Gasteiger partial charge is 0.554 e. The summed E-state index contributed by atoms with van der Waals surface area (Å²) in [6, 6.07) is -0.603. The highest BCUT2D eigenvalue weighted by molar-refractivity contribution is 8.00. The minimum absolute atomic E-state index is 0.00294. The van der Waals surface area contributed by atoms with Gasteiger partial charge in [-0.1, -0.05) is 12.0 Å². The summed E-state index contributed by atoms with van der Waals surface area (Å²) in [6.07, 6.45) is 0.504. The summed E-state index contributed by atoms with van der Waals surface area (Å²) < 4.78 is 17.7. The van der Waals surface area contributed by atoms with Crippen LogP contribution in [0.1, 0.15) is 67.6 Å². The number of nitrogens with zero attached hydrogens (tertiary/aromatic N) is 6. The third-order valence-electron chi connectivity index (χ3n) is 8.19. The molecule has 2 aliphatic heterocycles. The van der Waals surface area contributed by atoms with Crippen LogP contribution < -0.4 is 37.2 Å². The molecule has 1 saturated heterocycles. The molecule has 0 spiro atoms. The lowest BCUT2D eigenvalue weighted by Crippen LogP contribution is -2.62. The molecular weight excluding hydrogens is 880 g/mol. The Labute approximate surface area is 379 Å². The number of ketones is 1. The molecule has 4 amide bonds. The van der Waals surface area contributed by atoms with Crippen LogP contribution >= 0.6 is 23.3 Å². The second-order valence-corrected chi connectivity index (χ2v) is 17.9. The number of hydrogen-bond donors (Lipinski definition) is 6. The molecule has 0 unspecified atom stereocenters. The molecule has 2 aromatic rings. The third-order valence-corrected chi connectivity index (χ3v) is 10.1. The zero-order valence-corrected chi connectivity index (χ0v) is 38.6. The van der Waals surface area contributed by atoms with E-state index in [2.05, 4.69) is 38.3 Å². The van der Waals surface area contributed by atoms with Gasteiger partial charge >= 0.3 is 24.1 Å². The van der Waals surface area contributed by atoms with Crippen molar-refractivity contribution in [3.8, 4) is 0 Å². The Morgan fingerprint density at radius 1 is 1.08 bits per heavy atom. The van der Waals surface area contributed by atoms with Crippen molar-refractivity contribution >= 4 is 109 Å². The van der Waals surface area contributed by atoms with Crippen molar-refractivity contribution in [2.24, 2.45) is 18.1 Å². The predicted octanol–water partition coefficient (Wildman–Crippen LogP) is -0.262. The Morgan fingerprint density at radius 2 is 1.66 bits per heavy atom. The lowest BCUT2D eigenvalue weighted by Gasteiger charge is -2.49. The molecule has 24 nitrogen and oxygen atoms in total. The number of anilines is 3. The van der Waals surface area contributed by atoms with E-state index in [0.29, 0.717) is 5.57 Å². The van der Waals surface area contributed by atoms with E-state index in [4.69, 9.17) is 35.7 Å². The van der Waals surface area contributed by atoms with Gasteiger partial charge in [0, 0.05) is 54.4 Å². The number of carboxylic acid groups (broad SMARTS) is 2. The maximum absolute atomic E-state index is 13.7. The highest BCUT2D eigenvalue weighted by atomic mass is 32.2. The number of nitrogens with two attached hydrogens (primary N) is 2. The number of aromatic nitrogens is 4. The number of oxime groups is 1. The lowest BCUT2D eigenvalue weighted by molar-refractivity contribution is -0.765. The van der Waals surface area contributed by atoms with Crippen molar-refractivity contribution in [1.82, 2.24) is 29.6 Å². The Balaban J connectivity index is 0.00000162. The van der Waals surface area contributed by atoms with Crippen LogP contribution in [0.15, 0.2) is 22.6 Å². The second kappa shape index (κ2) is 23.0. The van der Waals surface area contributed by atoms with Gasteiger partial charge in [-0.05, 0) is 55.4 Å². The van der Waals surface area contributed by atoms with Crippen LogP contribution in [0, 0.1) is 5.92 Å². The summed E-state index contributed by atoms with van der Waals surface area (Å²) in [5, 5.41) is 29.6. The summed E-state index contributed by atoms with van der Waals surface area (Å²) in [6.45, 7) is 14.4. The van der Waals surface area contributed by atoms with Gasteiger partial charge in [0.2, 0.25) is 23.5 Å². The molecule has 28 heteroatoms. The molecule has 4 heterocycles. The summed E-state index contributed by atoms with van der Waals surface area (Å²) in [5.74, 6) is -4.10. The topological polar surface area (TPSA) is 346 Å². The van der Waals surface area contributed by atoms with Crippen molar-refractivity contribution in [1.29, 1.82) is 0 Å². The van der Waals surface area contributed by atoms with Crippen molar-refractivity contribution in [3.63, 3.8) is 0 Å². The molecular formula is C36H52B2N11O13S2. The van der Waals surface area contributed by atoms with Crippen LogP contribution in [0.4, 0.5) is 31.0 Å². The van der Waals surface area contributed by atoms with Crippen molar-refractivity contribution in [3.05, 3.63) is 23.3 Å². The van der Waals surface area contributed by atoms with Crippen LogP contribution in [-0.4, -0.2) is 134 Å². The Hall–Kier alpha value is -6.18. The summed E-state index contributed by atoms with van der Waals surface area (Å²) >= 11 is 2.08. The second-order valence-electron chi connectivity index (χ2n) is 16.0. The number of carboxylic acids is 1. The molecule has 0 bridgehead atoms. The number of carbonyl (C=O) groups is 8. The molecule has 0 aromatic carbocycles. The fourth-order valence-corrected chi connectivity index (χ4v) is 7.10. The van der Waals surface area contributed by atoms with Gasteiger partial charge in [-0.15, -0.1) is 21.1 Å². The van der Waals surface area contributed by atoms with Crippen molar-refractivity contribution in [2.45, 2.75) is 97.4 Å². The number of urea groups is 1. The van der Waals surface area contributed by atoms with Crippen molar-refractivity contribution in [2.75, 3.05) is 35.6 Å². The standard InChI is InChI=1S/C33H47N11O10S2.C2H3B2O.CH2O2/c1-31(2,3)52-27(49)33(7,8)54-40-20(23-39-28(35)56-41-23)19(45)12-17-24(46)44-21(26(47)48)16(15-55-25(17)44)13-43-14-18(22(34)42(43)9)38-29(50)36-10-11-37-30(51)53-32(4,5)6;1-4-2(3)5;2-1-3/h14,17,25,34H,10-13,15H2,1-9H3,(H6,35,36,37,38,39,41,47,48,50,51);1H3;1H,(H,2,3)/b40-20+;;/t17-,25-;;/m1../s1. The number of carbonyl (C=O) groups excluding carboxylic acids is 7. The molecule has 347 valence electrons. The first-order valence-electron chi connectivity index (χ1n) is 19.1. The highest BCUT2D eigenvalue weighted by Gasteiger charge is 2.55. The van der Waals surface area contributed by atoms with E-state index in [1.165, 1.54) is 43.8 Å². The summed E-state index contributed by atoms with van der Waals surface area (Å²) in [7, 11) is 7.52. The van der Waals surface area contributed by atoms with Crippen LogP contribution in [0.5, 0.6) is 0 Å². The van der Waals surface area contributed by atoms with Crippen molar-refractivity contribution < 1.29 is 67.6 Å². The smallest absolute Gasteiger partial charge is 0.407 e. The van der Waals surface area contributed by atoms with E-state index >= 15 is 0 Å². The summed E-state index contributed by atoms with van der Waals surface area (Å²) in [5.41, 5.74) is 8.53. The quantitative estimate of drug-likeness (QED) is 0.0196. The third kappa shape index (κ3) is 15.9. The monoisotopic (exact) mass is 932 g/mol. The Bertz CT molecular complexity index is 2150. The number of Topliss-reactive ketones (excluding diaryl/α,β-unsaturated/α-hetero) is 1. The van der Waals surface area contributed by atoms with Crippen LogP contribution in [0.25, 0.3) is 0 Å². The van der Waals surface area contributed by atoms with Crippen LogP contribution in [0.3, 0.4) is 0 Å². The number of aliphatic carboxylic acids is 1. The minimum Gasteiger partial charge on any atom is -0.554 e. The first-order chi connectivity index (χ1) is 29.6. The number of amides is 4. The fraction of sp³-hybridized carbons (Fsp3) is 0.556. The fourth-order valence-electron chi connectivity index (χ4n) is 5.26. The number of fused-ring (bicyclic) bond motifs is 1. The van der Waals surface area contributed by atoms with Crippen LogP contribution in [-0.2, 0) is 51.9 Å². The number of alkyl carbamates (subject to hydrolysis) is 1. The van der Waals surface area contributed by atoms with E-state index in [1.807, 2.05) is 0 Å². The van der Waals surface area contributed by atoms with Gasteiger partial charge in [-0.2, -0.15) is 9.36 Å². The maximum atomic E-state index is 13.7. The molecule has 4 rings (SSSR count). The number of esters is 1.